The first kappa shape index (κ1) is 16.7. The van der Waals surface area contributed by atoms with Crippen LogP contribution in [0, 0.1) is 23.7 Å². The lowest BCUT2D eigenvalue weighted by Crippen LogP contribution is -2.29. The summed E-state index contributed by atoms with van der Waals surface area (Å²) < 4.78 is 28.8. The van der Waals surface area contributed by atoms with E-state index in [1.165, 1.54) is 32.1 Å². The van der Waals surface area contributed by atoms with Crippen LogP contribution in [0.1, 0.15) is 64.7 Å². The predicted molar refractivity (Wildman–Crippen MR) is 78.2 cm³/mol. The number of esters is 1. The number of carbonyl (C=O) groups excluding carboxylic acids is 1. The van der Waals surface area contributed by atoms with Gasteiger partial charge >= 0.3 is 5.97 Å². The highest BCUT2D eigenvalue weighted by molar-refractivity contribution is 5.72. The normalized spacial score (nSPS) is 33.9. The van der Waals surface area contributed by atoms with Crippen molar-refractivity contribution in [3.05, 3.63) is 0 Å². The molecule has 0 aromatic rings. The molecule has 0 aromatic heterocycles. The maximum absolute atomic E-state index is 12.1. The van der Waals surface area contributed by atoms with Gasteiger partial charge in [0.15, 0.2) is 6.61 Å². The van der Waals surface area contributed by atoms with Crippen LogP contribution in [-0.4, -0.2) is 19.0 Å². The van der Waals surface area contributed by atoms with Crippen molar-refractivity contribution in [2.45, 2.75) is 71.1 Å². The molecular formula is C17H28F2O2. The number of hydrogen-bond acceptors (Lipinski definition) is 2. The minimum atomic E-state index is -2.56. The number of ether oxygens (including phenoxy) is 1. The van der Waals surface area contributed by atoms with Crippen LogP contribution >= 0.6 is 0 Å². The van der Waals surface area contributed by atoms with E-state index in [0.29, 0.717) is 0 Å². The number of carbonyl (C=O) groups is 1. The van der Waals surface area contributed by atoms with E-state index in [-0.39, 0.29) is 5.92 Å². The molecule has 2 nitrogen and oxygen atoms in total. The highest BCUT2D eigenvalue weighted by Crippen LogP contribution is 2.42. The standard InChI is InChI=1S/C17H28F2O2/c1-2-12-3-5-13(6-4-12)14-7-9-15(10-8-14)17(20)21-11-16(18)19/h12-16H,2-11H2,1H3. The molecule has 21 heavy (non-hydrogen) atoms. The minimum absolute atomic E-state index is 0.146. The van der Waals surface area contributed by atoms with E-state index >= 15 is 0 Å². The van der Waals surface area contributed by atoms with Crippen molar-refractivity contribution in [3.8, 4) is 0 Å². The molecule has 0 atom stereocenters. The summed E-state index contributed by atoms with van der Waals surface area (Å²) in [4.78, 5) is 11.7. The first-order valence-electron chi connectivity index (χ1n) is 8.54. The van der Waals surface area contributed by atoms with Gasteiger partial charge in [0.1, 0.15) is 0 Å². The van der Waals surface area contributed by atoms with E-state index in [2.05, 4.69) is 11.7 Å². The van der Waals surface area contributed by atoms with Crippen molar-refractivity contribution in [1.82, 2.24) is 0 Å². The van der Waals surface area contributed by atoms with Crippen LogP contribution in [0.5, 0.6) is 0 Å². The van der Waals surface area contributed by atoms with Crippen molar-refractivity contribution in [2.24, 2.45) is 23.7 Å². The maximum Gasteiger partial charge on any atom is 0.309 e. The summed E-state index contributed by atoms with van der Waals surface area (Å²) in [6, 6.07) is 0. The average Bonchev–Trinajstić information content (AvgIpc) is 2.53. The van der Waals surface area contributed by atoms with Crippen LogP contribution in [0.2, 0.25) is 0 Å². The largest absolute Gasteiger partial charge is 0.459 e. The molecule has 2 aliphatic carbocycles. The maximum atomic E-state index is 12.1. The van der Waals surface area contributed by atoms with Crippen LogP contribution < -0.4 is 0 Å². The summed E-state index contributed by atoms with van der Waals surface area (Å²) in [5.74, 6) is 1.92. The first-order valence-corrected chi connectivity index (χ1v) is 8.54. The summed E-state index contributed by atoms with van der Waals surface area (Å²) in [6.45, 7) is 1.53. The van der Waals surface area contributed by atoms with Crippen LogP contribution in [0.25, 0.3) is 0 Å². The molecule has 0 unspecified atom stereocenters. The molecule has 0 heterocycles. The lowest BCUT2D eigenvalue weighted by atomic mass is 9.69. The second-order valence-corrected chi connectivity index (χ2v) is 6.82. The molecule has 2 aliphatic rings. The lowest BCUT2D eigenvalue weighted by Gasteiger charge is -2.37. The Hall–Kier alpha value is -0.670. The molecule has 0 saturated heterocycles. The highest BCUT2D eigenvalue weighted by Gasteiger charge is 2.33. The molecule has 0 aliphatic heterocycles. The Balaban J connectivity index is 1.69. The third-order valence-corrected chi connectivity index (χ3v) is 5.59. The fourth-order valence-corrected chi connectivity index (χ4v) is 4.16. The van der Waals surface area contributed by atoms with E-state index in [4.69, 9.17) is 0 Å². The Kier molecular flexibility index (Phi) is 6.43. The molecule has 2 fully saturated rings. The Morgan fingerprint density at radius 1 is 1.00 bits per heavy atom. The third kappa shape index (κ3) is 4.93. The Bertz CT molecular complexity index is 317. The molecule has 0 amide bonds. The van der Waals surface area contributed by atoms with Crippen molar-refractivity contribution in [2.75, 3.05) is 6.61 Å². The van der Waals surface area contributed by atoms with E-state index in [1.54, 1.807) is 0 Å². The van der Waals surface area contributed by atoms with Gasteiger partial charge in [0, 0.05) is 0 Å². The average molecular weight is 302 g/mol. The minimum Gasteiger partial charge on any atom is -0.459 e. The van der Waals surface area contributed by atoms with Gasteiger partial charge in [-0.15, -0.1) is 0 Å². The molecule has 0 N–H and O–H groups in total. The fourth-order valence-electron chi connectivity index (χ4n) is 4.16. The van der Waals surface area contributed by atoms with Gasteiger partial charge in [0.05, 0.1) is 5.92 Å². The van der Waals surface area contributed by atoms with Crippen molar-refractivity contribution >= 4 is 5.97 Å². The van der Waals surface area contributed by atoms with Crippen LogP contribution in [0.3, 0.4) is 0 Å². The molecule has 2 rings (SSSR count). The molecule has 0 radical (unpaired) electrons. The van der Waals surface area contributed by atoms with Gasteiger partial charge in [-0.25, -0.2) is 8.78 Å². The molecule has 4 heteroatoms. The molecule has 122 valence electrons. The van der Waals surface area contributed by atoms with Gasteiger partial charge in [-0.2, -0.15) is 0 Å². The van der Waals surface area contributed by atoms with Crippen molar-refractivity contribution < 1.29 is 18.3 Å². The second kappa shape index (κ2) is 8.09. The first-order chi connectivity index (χ1) is 10.1. The lowest BCUT2D eigenvalue weighted by molar-refractivity contribution is -0.154. The number of halogens is 2. The molecule has 0 bridgehead atoms. The Morgan fingerprint density at radius 3 is 2.00 bits per heavy atom. The van der Waals surface area contributed by atoms with Crippen LogP contribution in [-0.2, 0) is 9.53 Å². The number of rotatable bonds is 5. The van der Waals surface area contributed by atoms with Gasteiger partial charge in [-0.1, -0.05) is 26.2 Å². The summed E-state index contributed by atoms with van der Waals surface area (Å²) in [5, 5.41) is 0. The quantitative estimate of drug-likeness (QED) is 0.681. The summed E-state index contributed by atoms with van der Waals surface area (Å²) in [6.07, 6.45) is 7.91. The molecular weight excluding hydrogens is 274 g/mol. The third-order valence-electron chi connectivity index (χ3n) is 5.59. The summed E-state index contributed by atoms with van der Waals surface area (Å²) in [7, 11) is 0. The monoisotopic (exact) mass is 302 g/mol. The Morgan fingerprint density at radius 2 is 1.52 bits per heavy atom. The molecule has 2 saturated carbocycles. The van der Waals surface area contributed by atoms with Gasteiger partial charge < -0.3 is 4.74 Å². The highest BCUT2D eigenvalue weighted by atomic mass is 19.3. The van der Waals surface area contributed by atoms with E-state index < -0.39 is 19.0 Å². The number of alkyl halides is 2. The van der Waals surface area contributed by atoms with Gasteiger partial charge in [0.25, 0.3) is 6.43 Å². The van der Waals surface area contributed by atoms with E-state index in [9.17, 15) is 13.6 Å². The Labute approximate surface area is 126 Å². The molecule has 0 aromatic carbocycles. The molecule has 0 spiro atoms. The fraction of sp³-hybridized carbons (Fsp3) is 0.941. The zero-order valence-corrected chi connectivity index (χ0v) is 13.0. The van der Waals surface area contributed by atoms with Crippen molar-refractivity contribution in [1.29, 1.82) is 0 Å². The number of hydrogen-bond donors (Lipinski definition) is 0. The topological polar surface area (TPSA) is 26.3 Å². The summed E-state index contributed by atoms with van der Waals surface area (Å²) in [5.41, 5.74) is 0. The summed E-state index contributed by atoms with van der Waals surface area (Å²) >= 11 is 0. The smallest absolute Gasteiger partial charge is 0.309 e. The van der Waals surface area contributed by atoms with E-state index in [1.807, 2.05) is 0 Å². The van der Waals surface area contributed by atoms with Gasteiger partial charge in [0.2, 0.25) is 0 Å². The van der Waals surface area contributed by atoms with Crippen LogP contribution in [0.4, 0.5) is 8.78 Å². The SMILES string of the molecule is CCC1CCC(C2CCC(C(=O)OCC(F)F)CC2)CC1. The van der Waals surface area contributed by atoms with Crippen LogP contribution in [0.15, 0.2) is 0 Å². The van der Waals surface area contributed by atoms with Gasteiger partial charge in [-0.05, 0) is 56.3 Å². The predicted octanol–water partition coefficient (Wildman–Crippen LogP) is 4.82. The van der Waals surface area contributed by atoms with E-state index in [0.717, 1.165) is 43.4 Å². The second-order valence-electron chi connectivity index (χ2n) is 6.82. The zero-order chi connectivity index (χ0) is 15.2. The van der Waals surface area contributed by atoms with Gasteiger partial charge in [-0.3, -0.25) is 4.79 Å². The van der Waals surface area contributed by atoms with Crippen molar-refractivity contribution in [3.63, 3.8) is 0 Å². The zero-order valence-electron chi connectivity index (χ0n) is 13.0.